The van der Waals surface area contributed by atoms with Crippen LogP contribution >= 0.6 is 0 Å². The maximum atomic E-state index is 12.5. The lowest BCUT2D eigenvalue weighted by molar-refractivity contribution is -0.137. The number of hydrogen-bond acceptors (Lipinski definition) is 5. The van der Waals surface area contributed by atoms with Gasteiger partial charge in [-0.05, 0) is 54.8 Å². The summed E-state index contributed by atoms with van der Waals surface area (Å²) < 4.78 is 15.8. The van der Waals surface area contributed by atoms with E-state index in [0.717, 1.165) is 17.1 Å². The first-order valence-electron chi connectivity index (χ1n) is 9.54. The second kappa shape index (κ2) is 9.32. The maximum Gasteiger partial charge on any atom is 0.235 e. The molecule has 2 amide bonds. The van der Waals surface area contributed by atoms with Gasteiger partial charge in [0.2, 0.25) is 11.8 Å². The van der Waals surface area contributed by atoms with Crippen molar-refractivity contribution < 1.29 is 23.8 Å². The highest BCUT2D eigenvalue weighted by atomic mass is 16.5. The van der Waals surface area contributed by atoms with Gasteiger partial charge in [-0.15, -0.1) is 0 Å². The predicted octanol–water partition coefficient (Wildman–Crippen LogP) is 2.30. The number of rotatable bonds is 10. The first kappa shape index (κ1) is 20.5. The van der Waals surface area contributed by atoms with Gasteiger partial charge in [0.15, 0.2) is 0 Å². The van der Waals surface area contributed by atoms with E-state index in [4.69, 9.17) is 14.2 Å². The highest BCUT2D eigenvalue weighted by molar-refractivity contribution is 6.07. The molecule has 0 saturated heterocycles. The number of benzene rings is 2. The third-order valence-corrected chi connectivity index (χ3v) is 4.95. The second-order valence-electron chi connectivity index (χ2n) is 6.89. The highest BCUT2D eigenvalue weighted by Gasteiger charge is 2.56. The molecule has 1 aliphatic carbocycles. The predicted molar refractivity (Wildman–Crippen MR) is 108 cm³/mol. The van der Waals surface area contributed by atoms with E-state index in [1.807, 2.05) is 24.3 Å². The molecule has 0 bridgehead atoms. The van der Waals surface area contributed by atoms with Crippen molar-refractivity contribution in [2.24, 2.45) is 5.41 Å². The largest absolute Gasteiger partial charge is 0.497 e. The van der Waals surface area contributed by atoms with Crippen molar-refractivity contribution in [2.45, 2.75) is 19.4 Å². The molecule has 0 aromatic heterocycles. The van der Waals surface area contributed by atoms with Crippen LogP contribution < -0.4 is 24.8 Å². The molecule has 29 heavy (non-hydrogen) atoms. The summed E-state index contributed by atoms with van der Waals surface area (Å²) in [4.78, 5) is 25.0. The third-order valence-electron chi connectivity index (χ3n) is 4.95. The minimum atomic E-state index is -0.952. The van der Waals surface area contributed by atoms with Crippen LogP contribution in [0, 0.1) is 5.41 Å². The molecule has 0 unspecified atom stereocenters. The van der Waals surface area contributed by atoms with Gasteiger partial charge in [0.1, 0.15) is 29.3 Å². The zero-order chi connectivity index (χ0) is 20.7. The average molecular weight is 398 g/mol. The van der Waals surface area contributed by atoms with Crippen molar-refractivity contribution in [3.8, 4) is 17.2 Å². The fourth-order valence-corrected chi connectivity index (χ4v) is 2.95. The number of nitrogens with one attached hydrogen (secondary N) is 2. The Morgan fingerprint density at radius 3 is 1.90 bits per heavy atom. The van der Waals surface area contributed by atoms with Gasteiger partial charge in [-0.1, -0.05) is 12.1 Å². The molecule has 3 rings (SSSR count). The molecule has 0 atom stereocenters. The molecule has 1 aliphatic rings. The first-order valence-corrected chi connectivity index (χ1v) is 9.54. The van der Waals surface area contributed by atoms with Gasteiger partial charge in [0.05, 0.1) is 20.8 Å². The van der Waals surface area contributed by atoms with E-state index in [-0.39, 0.29) is 11.8 Å². The molecule has 0 aliphatic heterocycles. The van der Waals surface area contributed by atoms with Crippen molar-refractivity contribution in [3.63, 3.8) is 0 Å². The van der Waals surface area contributed by atoms with Gasteiger partial charge in [-0.3, -0.25) is 9.59 Å². The molecule has 2 N–H and O–H groups in total. The topological polar surface area (TPSA) is 85.9 Å². The first-order chi connectivity index (χ1) is 14.1. The SMILES string of the molecule is COc1ccc(CNC(=O)C2(C(=O)NCCOc3ccc(OC)cc3)CC2)cc1. The lowest BCUT2D eigenvalue weighted by Crippen LogP contribution is -2.43. The van der Waals surface area contributed by atoms with E-state index in [2.05, 4.69) is 10.6 Å². The van der Waals surface area contributed by atoms with E-state index in [9.17, 15) is 9.59 Å². The van der Waals surface area contributed by atoms with Crippen LogP contribution in [0.25, 0.3) is 0 Å². The summed E-state index contributed by atoms with van der Waals surface area (Å²) in [6.45, 7) is 1.03. The number of amides is 2. The van der Waals surface area contributed by atoms with Gasteiger partial charge in [-0.25, -0.2) is 0 Å². The third kappa shape index (κ3) is 5.19. The Hall–Kier alpha value is -3.22. The second-order valence-corrected chi connectivity index (χ2v) is 6.89. The minimum absolute atomic E-state index is 0.234. The normalized spacial score (nSPS) is 13.9. The Labute approximate surface area is 170 Å². The fourth-order valence-electron chi connectivity index (χ4n) is 2.95. The highest BCUT2D eigenvalue weighted by Crippen LogP contribution is 2.46. The van der Waals surface area contributed by atoms with E-state index >= 15 is 0 Å². The van der Waals surface area contributed by atoms with Gasteiger partial charge >= 0.3 is 0 Å². The van der Waals surface area contributed by atoms with Crippen molar-refractivity contribution in [1.82, 2.24) is 10.6 Å². The van der Waals surface area contributed by atoms with Crippen LogP contribution in [0.1, 0.15) is 18.4 Å². The van der Waals surface area contributed by atoms with Gasteiger partial charge < -0.3 is 24.8 Å². The van der Waals surface area contributed by atoms with Crippen LogP contribution in [0.4, 0.5) is 0 Å². The molecule has 2 aromatic rings. The molecule has 1 saturated carbocycles. The molecule has 2 aromatic carbocycles. The molecule has 7 nitrogen and oxygen atoms in total. The Bertz CT molecular complexity index is 829. The standard InChI is InChI=1S/C22H26N2O5/c1-27-17-5-3-16(4-6-17)15-24-21(26)22(11-12-22)20(25)23-13-14-29-19-9-7-18(28-2)8-10-19/h3-10H,11-15H2,1-2H3,(H,23,25)(H,24,26). The van der Waals surface area contributed by atoms with E-state index in [1.54, 1.807) is 38.5 Å². The number of carbonyl (C=O) groups excluding carboxylic acids is 2. The molecule has 154 valence electrons. The molecule has 1 fully saturated rings. The summed E-state index contributed by atoms with van der Waals surface area (Å²) in [5, 5.41) is 5.67. The Morgan fingerprint density at radius 1 is 0.828 bits per heavy atom. The molecule has 0 heterocycles. The quantitative estimate of drug-likeness (QED) is 0.474. The molecular formula is C22H26N2O5. The molecule has 0 radical (unpaired) electrons. The van der Waals surface area contributed by atoms with Crippen LogP contribution in [0.2, 0.25) is 0 Å². The summed E-state index contributed by atoms with van der Waals surface area (Å²) in [5.74, 6) is 1.72. The summed E-state index contributed by atoms with van der Waals surface area (Å²) in [7, 11) is 3.21. The zero-order valence-corrected chi connectivity index (χ0v) is 16.7. The number of ether oxygens (including phenoxy) is 3. The van der Waals surface area contributed by atoms with Crippen molar-refractivity contribution in [2.75, 3.05) is 27.4 Å². The van der Waals surface area contributed by atoms with Crippen molar-refractivity contribution in [1.29, 1.82) is 0 Å². The van der Waals surface area contributed by atoms with Crippen molar-refractivity contribution >= 4 is 11.8 Å². The van der Waals surface area contributed by atoms with Crippen LogP contribution in [-0.4, -0.2) is 39.2 Å². The smallest absolute Gasteiger partial charge is 0.235 e. The number of carbonyl (C=O) groups is 2. The van der Waals surface area contributed by atoms with E-state index < -0.39 is 5.41 Å². The Kier molecular flexibility index (Phi) is 6.59. The van der Waals surface area contributed by atoms with Gasteiger partial charge in [0.25, 0.3) is 0 Å². The maximum absolute atomic E-state index is 12.5. The number of hydrogen-bond donors (Lipinski definition) is 2. The van der Waals surface area contributed by atoms with E-state index in [0.29, 0.717) is 38.3 Å². The van der Waals surface area contributed by atoms with E-state index in [1.165, 1.54) is 0 Å². The van der Waals surface area contributed by atoms with Gasteiger partial charge in [-0.2, -0.15) is 0 Å². The minimum Gasteiger partial charge on any atom is -0.497 e. The van der Waals surface area contributed by atoms with Crippen LogP contribution in [0.15, 0.2) is 48.5 Å². The van der Waals surface area contributed by atoms with Crippen LogP contribution in [0.5, 0.6) is 17.2 Å². The summed E-state index contributed by atoms with van der Waals surface area (Å²) in [6.07, 6.45) is 1.12. The molecule has 7 heteroatoms. The Morgan fingerprint density at radius 2 is 1.34 bits per heavy atom. The molecule has 0 spiro atoms. The Balaban J connectivity index is 1.41. The van der Waals surface area contributed by atoms with Gasteiger partial charge in [0, 0.05) is 6.54 Å². The monoisotopic (exact) mass is 398 g/mol. The van der Waals surface area contributed by atoms with Crippen LogP contribution in [0.3, 0.4) is 0 Å². The summed E-state index contributed by atoms with van der Waals surface area (Å²) in [5.41, 5.74) is -0.00435. The number of methoxy groups -OCH3 is 2. The average Bonchev–Trinajstić information content (AvgIpc) is 3.58. The van der Waals surface area contributed by atoms with Crippen LogP contribution in [-0.2, 0) is 16.1 Å². The van der Waals surface area contributed by atoms with Crippen molar-refractivity contribution in [3.05, 3.63) is 54.1 Å². The summed E-state index contributed by atoms with van der Waals surface area (Å²) in [6, 6.07) is 14.7. The molecular weight excluding hydrogens is 372 g/mol. The lowest BCUT2D eigenvalue weighted by Gasteiger charge is -2.16. The zero-order valence-electron chi connectivity index (χ0n) is 16.7. The lowest BCUT2D eigenvalue weighted by atomic mass is 10.0. The fraction of sp³-hybridized carbons (Fsp3) is 0.364. The summed E-state index contributed by atoms with van der Waals surface area (Å²) >= 11 is 0.